The number of rotatable bonds is 5. The lowest BCUT2D eigenvalue weighted by Crippen LogP contribution is -2.13. The molecule has 0 aliphatic rings. The van der Waals surface area contributed by atoms with Crippen LogP contribution in [-0.2, 0) is 4.79 Å². The molecule has 0 spiro atoms. The Bertz CT molecular complexity index is 791. The van der Waals surface area contributed by atoms with Crippen molar-refractivity contribution >= 4 is 50.8 Å². The van der Waals surface area contributed by atoms with Crippen molar-refractivity contribution in [2.24, 2.45) is 0 Å². The van der Waals surface area contributed by atoms with Gasteiger partial charge in [0.15, 0.2) is 10.2 Å². The van der Waals surface area contributed by atoms with Crippen molar-refractivity contribution in [1.82, 2.24) is 9.36 Å². The molecule has 0 atom stereocenters. The lowest BCUT2D eigenvalue weighted by Gasteiger charge is -2.03. The Balaban J connectivity index is 1.55. The fourth-order valence-corrected chi connectivity index (χ4v) is 3.51. The van der Waals surface area contributed by atoms with E-state index >= 15 is 0 Å². The quantitative estimate of drug-likeness (QED) is 0.625. The lowest BCUT2D eigenvalue weighted by atomic mass is 10.2. The standard InChI is InChI=1S/C16H12BrN3OS2/c17-12-6-8-13(9-7-12)18-14(21)10-22-16-19-15(20-23-16)11-4-2-1-3-5-11/h1-9H,10H2,(H,18,21). The average molecular weight is 406 g/mol. The molecule has 7 heteroatoms. The van der Waals surface area contributed by atoms with Gasteiger partial charge < -0.3 is 5.32 Å². The van der Waals surface area contributed by atoms with Crippen LogP contribution in [0.5, 0.6) is 0 Å². The maximum Gasteiger partial charge on any atom is 0.234 e. The highest BCUT2D eigenvalue weighted by molar-refractivity contribution is 9.10. The molecule has 0 aliphatic carbocycles. The molecule has 1 aromatic heterocycles. The predicted octanol–water partition coefficient (Wildman–Crippen LogP) is 4.70. The molecular formula is C16H12BrN3OS2. The summed E-state index contributed by atoms with van der Waals surface area (Å²) in [6, 6.07) is 17.3. The second-order valence-electron chi connectivity index (χ2n) is 4.59. The number of anilines is 1. The summed E-state index contributed by atoms with van der Waals surface area (Å²) in [6.45, 7) is 0. The molecule has 3 aromatic rings. The van der Waals surface area contributed by atoms with Crippen molar-refractivity contribution in [1.29, 1.82) is 0 Å². The topological polar surface area (TPSA) is 54.9 Å². The summed E-state index contributed by atoms with van der Waals surface area (Å²) in [6.07, 6.45) is 0. The molecule has 116 valence electrons. The summed E-state index contributed by atoms with van der Waals surface area (Å²) in [4.78, 5) is 16.4. The number of benzene rings is 2. The fourth-order valence-electron chi connectivity index (χ4n) is 1.83. The zero-order valence-corrected chi connectivity index (χ0v) is 15.1. The highest BCUT2D eigenvalue weighted by atomic mass is 79.9. The lowest BCUT2D eigenvalue weighted by molar-refractivity contribution is -0.113. The van der Waals surface area contributed by atoms with Crippen molar-refractivity contribution in [2.45, 2.75) is 4.34 Å². The van der Waals surface area contributed by atoms with Crippen LogP contribution < -0.4 is 5.32 Å². The molecule has 4 nitrogen and oxygen atoms in total. The fraction of sp³-hybridized carbons (Fsp3) is 0.0625. The van der Waals surface area contributed by atoms with E-state index in [1.165, 1.54) is 23.3 Å². The van der Waals surface area contributed by atoms with E-state index in [1.54, 1.807) is 0 Å². The first-order valence-electron chi connectivity index (χ1n) is 6.78. The highest BCUT2D eigenvalue weighted by Gasteiger charge is 2.09. The van der Waals surface area contributed by atoms with Crippen molar-refractivity contribution in [3.63, 3.8) is 0 Å². The van der Waals surface area contributed by atoms with Gasteiger partial charge in [0, 0.05) is 15.7 Å². The SMILES string of the molecule is O=C(CSc1nc(-c2ccccc2)ns1)Nc1ccc(Br)cc1. The van der Waals surface area contributed by atoms with Gasteiger partial charge in [-0.2, -0.15) is 4.37 Å². The maximum atomic E-state index is 12.0. The Morgan fingerprint density at radius 3 is 2.61 bits per heavy atom. The van der Waals surface area contributed by atoms with E-state index in [0.717, 1.165) is 20.1 Å². The largest absolute Gasteiger partial charge is 0.325 e. The molecule has 1 N–H and O–H groups in total. The van der Waals surface area contributed by atoms with Crippen LogP contribution in [0.2, 0.25) is 0 Å². The normalized spacial score (nSPS) is 10.5. The molecule has 3 rings (SSSR count). The van der Waals surface area contributed by atoms with Crippen LogP contribution in [0.3, 0.4) is 0 Å². The number of carbonyl (C=O) groups is 1. The molecule has 2 aromatic carbocycles. The number of hydrogen-bond acceptors (Lipinski definition) is 5. The van der Waals surface area contributed by atoms with Crippen LogP contribution in [0.25, 0.3) is 11.4 Å². The smallest absolute Gasteiger partial charge is 0.234 e. The maximum absolute atomic E-state index is 12.0. The molecule has 0 unspecified atom stereocenters. The number of nitrogens with one attached hydrogen (secondary N) is 1. The van der Waals surface area contributed by atoms with Crippen LogP contribution in [-0.4, -0.2) is 21.0 Å². The molecule has 0 bridgehead atoms. The molecule has 0 saturated carbocycles. The number of amides is 1. The van der Waals surface area contributed by atoms with Crippen molar-refractivity contribution < 1.29 is 4.79 Å². The van der Waals surface area contributed by atoms with E-state index in [-0.39, 0.29) is 5.91 Å². The second kappa shape index (κ2) is 7.72. The zero-order chi connectivity index (χ0) is 16.1. The Hall–Kier alpha value is -1.70. The van der Waals surface area contributed by atoms with E-state index in [0.29, 0.717) is 11.6 Å². The molecule has 1 amide bonds. The Labute approximate surface area is 150 Å². The van der Waals surface area contributed by atoms with Gasteiger partial charge in [-0.3, -0.25) is 4.79 Å². The summed E-state index contributed by atoms with van der Waals surface area (Å²) in [7, 11) is 0. The summed E-state index contributed by atoms with van der Waals surface area (Å²) in [5.74, 6) is 0.944. The second-order valence-corrected chi connectivity index (χ2v) is 7.48. The van der Waals surface area contributed by atoms with Crippen LogP contribution in [0.4, 0.5) is 5.69 Å². The van der Waals surface area contributed by atoms with E-state index < -0.39 is 0 Å². The van der Waals surface area contributed by atoms with Gasteiger partial charge in [0.05, 0.1) is 5.75 Å². The minimum atomic E-state index is -0.0613. The van der Waals surface area contributed by atoms with E-state index in [1.807, 2.05) is 54.6 Å². The summed E-state index contributed by atoms with van der Waals surface area (Å²) in [5, 5.41) is 2.85. The zero-order valence-electron chi connectivity index (χ0n) is 11.9. The van der Waals surface area contributed by atoms with Gasteiger partial charge in [0.2, 0.25) is 5.91 Å². The van der Waals surface area contributed by atoms with Crippen molar-refractivity contribution in [2.75, 3.05) is 11.1 Å². The number of hydrogen-bond donors (Lipinski definition) is 1. The summed E-state index contributed by atoms with van der Waals surface area (Å²) >= 11 is 6.06. The van der Waals surface area contributed by atoms with Crippen LogP contribution >= 0.6 is 39.2 Å². The molecule has 0 fully saturated rings. The van der Waals surface area contributed by atoms with E-state index in [2.05, 4.69) is 30.6 Å². The van der Waals surface area contributed by atoms with Crippen molar-refractivity contribution in [3.05, 3.63) is 59.1 Å². The molecular weight excluding hydrogens is 394 g/mol. The number of nitrogens with zero attached hydrogens (tertiary/aromatic N) is 2. The molecule has 23 heavy (non-hydrogen) atoms. The third-order valence-electron chi connectivity index (χ3n) is 2.89. The van der Waals surface area contributed by atoms with E-state index in [4.69, 9.17) is 0 Å². The van der Waals surface area contributed by atoms with Gasteiger partial charge in [-0.05, 0) is 35.8 Å². The van der Waals surface area contributed by atoms with Gasteiger partial charge in [-0.25, -0.2) is 4.98 Å². The molecule has 0 saturated heterocycles. The first-order valence-corrected chi connectivity index (χ1v) is 9.33. The van der Waals surface area contributed by atoms with Gasteiger partial charge >= 0.3 is 0 Å². The Morgan fingerprint density at radius 1 is 1.13 bits per heavy atom. The summed E-state index contributed by atoms with van der Waals surface area (Å²) < 4.78 is 6.10. The Morgan fingerprint density at radius 2 is 1.87 bits per heavy atom. The average Bonchev–Trinajstić information content (AvgIpc) is 3.05. The number of thioether (sulfide) groups is 1. The predicted molar refractivity (Wildman–Crippen MR) is 98.8 cm³/mol. The molecule has 0 radical (unpaired) electrons. The number of halogens is 1. The molecule has 0 aliphatic heterocycles. The van der Waals surface area contributed by atoms with Crippen LogP contribution in [0.1, 0.15) is 0 Å². The van der Waals surface area contributed by atoms with Gasteiger partial charge in [0.25, 0.3) is 0 Å². The first kappa shape index (κ1) is 16.2. The minimum Gasteiger partial charge on any atom is -0.325 e. The van der Waals surface area contributed by atoms with E-state index in [9.17, 15) is 4.79 Å². The number of carbonyl (C=O) groups excluding carboxylic acids is 1. The van der Waals surface area contributed by atoms with Gasteiger partial charge in [-0.1, -0.05) is 58.0 Å². The minimum absolute atomic E-state index is 0.0613. The first-order chi connectivity index (χ1) is 11.2. The summed E-state index contributed by atoms with van der Waals surface area (Å²) in [5.41, 5.74) is 1.76. The highest BCUT2D eigenvalue weighted by Crippen LogP contribution is 2.25. The van der Waals surface area contributed by atoms with Gasteiger partial charge in [0.1, 0.15) is 0 Å². The third-order valence-corrected chi connectivity index (χ3v) is 5.26. The molecule has 1 heterocycles. The Kier molecular flexibility index (Phi) is 5.43. The van der Waals surface area contributed by atoms with Crippen LogP contribution in [0.15, 0.2) is 63.4 Å². The van der Waals surface area contributed by atoms with Crippen molar-refractivity contribution in [3.8, 4) is 11.4 Å². The number of aromatic nitrogens is 2. The monoisotopic (exact) mass is 405 g/mol. The third kappa shape index (κ3) is 4.63. The van der Waals surface area contributed by atoms with Crippen LogP contribution in [0, 0.1) is 0 Å². The van der Waals surface area contributed by atoms with Gasteiger partial charge in [-0.15, -0.1) is 0 Å².